The van der Waals surface area contributed by atoms with Crippen molar-refractivity contribution in [3.63, 3.8) is 0 Å². The van der Waals surface area contributed by atoms with Crippen LogP contribution in [0.5, 0.6) is 0 Å². The summed E-state index contributed by atoms with van der Waals surface area (Å²) >= 11 is 0. The number of aliphatic hydroxyl groups is 1. The molecular weight excluding hydrogens is 537 g/mol. The first-order chi connectivity index (χ1) is 18.2. The predicted molar refractivity (Wildman–Crippen MR) is 127 cm³/mol. The molecule has 0 aromatic heterocycles. The highest BCUT2D eigenvalue weighted by atomic mass is 19.4. The van der Waals surface area contributed by atoms with Gasteiger partial charge in [-0.05, 0) is 25.5 Å². The normalized spacial score (nSPS) is 20.4. The molecule has 0 radical (unpaired) electrons. The lowest BCUT2D eigenvalue weighted by molar-refractivity contribution is -0.204. The number of esters is 1. The molecule has 1 aliphatic rings. The summed E-state index contributed by atoms with van der Waals surface area (Å²) in [5, 5.41) is 24.9. The number of carboxylic acid groups (broad SMARTS) is 1. The number of alkyl halides is 3. The lowest BCUT2D eigenvalue weighted by Gasteiger charge is -2.40. The molecule has 5 atom stereocenters. The van der Waals surface area contributed by atoms with Crippen LogP contribution in [0.15, 0.2) is 16.8 Å². The molecule has 0 spiro atoms. The number of amides is 2. The van der Waals surface area contributed by atoms with Gasteiger partial charge in [0.15, 0.2) is 18.2 Å². The van der Waals surface area contributed by atoms with E-state index in [0.29, 0.717) is 19.4 Å². The Kier molecular flexibility index (Phi) is 13.3. The number of aliphatic hydroxyl groups excluding tert-OH is 1. The van der Waals surface area contributed by atoms with Gasteiger partial charge in [-0.25, -0.2) is 19.4 Å². The van der Waals surface area contributed by atoms with E-state index in [4.69, 9.17) is 26.7 Å². The second-order valence-corrected chi connectivity index (χ2v) is 8.35. The summed E-state index contributed by atoms with van der Waals surface area (Å²) in [4.78, 5) is 51.0. The summed E-state index contributed by atoms with van der Waals surface area (Å²) in [6, 6.07) is -2.75. The molecule has 1 aliphatic heterocycles. The number of guanidine groups is 1. The van der Waals surface area contributed by atoms with Gasteiger partial charge in [-0.2, -0.15) is 13.2 Å². The van der Waals surface area contributed by atoms with Gasteiger partial charge in [0.25, 0.3) is 0 Å². The fourth-order valence-corrected chi connectivity index (χ4v) is 3.48. The van der Waals surface area contributed by atoms with Crippen LogP contribution in [-0.2, 0) is 28.6 Å². The number of alkyl carbamates (subject to hydrolysis) is 1. The van der Waals surface area contributed by atoms with Gasteiger partial charge in [-0.3, -0.25) is 4.79 Å². The Bertz CT molecular complexity index is 927. The molecule has 0 unspecified atom stereocenters. The van der Waals surface area contributed by atoms with Crippen LogP contribution < -0.4 is 27.8 Å². The van der Waals surface area contributed by atoms with E-state index in [1.165, 1.54) is 0 Å². The molecule has 10 N–H and O–H groups in total. The van der Waals surface area contributed by atoms with E-state index in [-0.39, 0.29) is 6.54 Å². The lowest BCUT2D eigenvalue weighted by Crippen LogP contribution is -2.61. The zero-order valence-electron chi connectivity index (χ0n) is 21.0. The minimum atomic E-state index is -5.39. The number of halogens is 3. The Morgan fingerprint density at radius 2 is 1.82 bits per heavy atom. The number of nitrogens with one attached hydrogen (secondary N) is 2. The summed E-state index contributed by atoms with van der Waals surface area (Å²) in [5.74, 6) is -6.33. The molecule has 0 saturated carbocycles. The van der Waals surface area contributed by atoms with Crippen LogP contribution in [-0.4, -0.2) is 96.4 Å². The second kappa shape index (κ2) is 15.6. The molecule has 0 bridgehead atoms. The molecule has 2 amide bonds. The van der Waals surface area contributed by atoms with Gasteiger partial charge in [0.2, 0.25) is 11.7 Å². The molecule has 0 saturated heterocycles. The SMILES string of the molecule is CC(=O)N[C@H]1[C@H]([C@H](OC(=O)NCCCCCCN)[C@H](O)COC(=O)C(F)(F)F)OC(C(=O)O)=C[C@@H]1N=C(N)N. The number of unbranched alkanes of at least 4 members (excludes halogenated alkanes) is 3. The zero-order valence-corrected chi connectivity index (χ0v) is 21.0. The van der Waals surface area contributed by atoms with Crippen LogP contribution in [0.3, 0.4) is 0 Å². The van der Waals surface area contributed by atoms with E-state index in [2.05, 4.69) is 20.4 Å². The van der Waals surface area contributed by atoms with E-state index in [9.17, 15) is 42.6 Å². The first-order valence-electron chi connectivity index (χ1n) is 11.7. The molecule has 39 heavy (non-hydrogen) atoms. The van der Waals surface area contributed by atoms with Gasteiger partial charge in [0, 0.05) is 13.5 Å². The van der Waals surface area contributed by atoms with Crippen LogP contribution in [0.25, 0.3) is 0 Å². The first-order valence-corrected chi connectivity index (χ1v) is 11.7. The highest BCUT2D eigenvalue weighted by Gasteiger charge is 2.48. The molecule has 0 aromatic rings. The lowest BCUT2D eigenvalue weighted by atomic mass is 9.92. The van der Waals surface area contributed by atoms with Crippen molar-refractivity contribution in [3.05, 3.63) is 11.8 Å². The number of hydrogen-bond acceptors (Lipinski definition) is 10. The van der Waals surface area contributed by atoms with Crippen LogP contribution in [0.2, 0.25) is 0 Å². The smallest absolute Gasteiger partial charge is 0.477 e. The third kappa shape index (κ3) is 11.6. The van der Waals surface area contributed by atoms with Gasteiger partial charge >= 0.3 is 24.2 Å². The fourth-order valence-electron chi connectivity index (χ4n) is 3.48. The molecule has 222 valence electrons. The molecular formula is C21H33F3N6O9. The number of nitrogens with zero attached hydrogens (tertiary/aromatic N) is 1. The maximum absolute atomic E-state index is 12.6. The highest BCUT2D eigenvalue weighted by Crippen LogP contribution is 2.27. The second-order valence-electron chi connectivity index (χ2n) is 8.35. The van der Waals surface area contributed by atoms with Crippen LogP contribution in [0.1, 0.15) is 32.6 Å². The Morgan fingerprint density at radius 3 is 2.36 bits per heavy atom. The Hall–Kier alpha value is -3.80. The summed E-state index contributed by atoms with van der Waals surface area (Å²) in [5.41, 5.74) is 16.2. The molecule has 0 aromatic carbocycles. The summed E-state index contributed by atoms with van der Waals surface area (Å²) in [6.45, 7) is 0.321. The number of ether oxygens (including phenoxy) is 3. The Labute approximate surface area is 220 Å². The van der Waals surface area contributed by atoms with Crippen molar-refractivity contribution in [2.24, 2.45) is 22.2 Å². The molecule has 0 fully saturated rings. The summed E-state index contributed by atoms with van der Waals surface area (Å²) < 4.78 is 52.4. The molecule has 0 aliphatic carbocycles. The number of carbonyl (C=O) groups excluding carboxylic acids is 3. The van der Waals surface area contributed by atoms with Gasteiger partial charge < -0.3 is 52.3 Å². The summed E-state index contributed by atoms with van der Waals surface area (Å²) in [7, 11) is 0. The maximum atomic E-state index is 12.6. The number of hydrogen-bond donors (Lipinski definition) is 7. The molecule has 18 heteroatoms. The first kappa shape index (κ1) is 33.2. The van der Waals surface area contributed by atoms with Gasteiger partial charge in [-0.15, -0.1) is 0 Å². The van der Waals surface area contributed by atoms with Crippen molar-refractivity contribution in [1.82, 2.24) is 10.6 Å². The number of rotatable bonds is 14. The van der Waals surface area contributed by atoms with Crippen LogP contribution in [0, 0.1) is 0 Å². The number of aliphatic carboxylic acids is 1. The van der Waals surface area contributed by atoms with E-state index in [1.54, 1.807) is 0 Å². The minimum Gasteiger partial charge on any atom is -0.477 e. The number of nitrogens with two attached hydrogens (primary N) is 3. The average Bonchev–Trinajstić information content (AvgIpc) is 2.82. The largest absolute Gasteiger partial charge is 0.490 e. The Morgan fingerprint density at radius 1 is 1.18 bits per heavy atom. The molecule has 1 rings (SSSR count). The Balaban J connectivity index is 3.30. The van der Waals surface area contributed by atoms with Crippen molar-refractivity contribution in [2.75, 3.05) is 19.7 Å². The van der Waals surface area contributed by atoms with Crippen molar-refractivity contribution < 1.29 is 56.8 Å². The van der Waals surface area contributed by atoms with Crippen molar-refractivity contribution in [2.45, 2.75) is 69.2 Å². The number of carbonyl (C=O) groups is 4. The van der Waals surface area contributed by atoms with Gasteiger partial charge in [0.05, 0.1) is 12.1 Å². The van der Waals surface area contributed by atoms with Crippen molar-refractivity contribution >= 4 is 29.9 Å². The van der Waals surface area contributed by atoms with E-state index in [0.717, 1.165) is 25.8 Å². The van der Waals surface area contributed by atoms with Crippen LogP contribution >= 0.6 is 0 Å². The number of aliphatic imine (C=N–C) groups is 1. The van der Waals surface area contributed by atoms with Gasteiger partial charge in [-0.1, -0.05) is 12.8 Å². The minimum absolute atomic E-state index is 0.104. The maximum Gasteiger partial charge on any atom is 0.490 e. The standard InChI is InChI=1S/C21H33F3N6O9/c1-10(31)29-14-11(30-19(26)27)8-13(17(33)34)38-16(14)15(12(32)9-37-18(35)21(22,23)24)39-20(36)28-7-5-3-2-4-6-25/h8,11-12,14-16,32H,2-7,9,25H2,1H3,(H,28,36)(H,29,31)(H,33,34)(H4,26,27,30)/t11-,12+,14+,15+,16+/m0/s1. The van der Waals surface area contributed by atoms with Gasteiger partial charge in [0.1, 0.15) is 12.7 Å². The molecule has 1 heterocycles. The zero-order chi connectivity index (χ0) is 29.8. The average molecular weight is 571 g/mol. The molecule has 15 nitrogen and oxygen atoms in total. The van der Waals surface area contributed by atoms with Crippen molar-refractivity contribution in [1.29, 1.82) is 0 Å². The van der Waals surface area contributed by atoms with E-state index < -0.39 is 78.8 Å². The van der Waals surface area contributed by atoms with Crippen LogP contribution in [0.4, 0.5) is 18.0 Å². The fraction of sp³-hybridized carbons (Fsp3) is 0.667. The summed E-state index contributed by atoms with van der Waals surface area (Å²) in [6.07, 6.45) is -8.83. The quantitative estimate of drug-likeness (QED) is 0.0550. The number of carboxylic acids is 1. The highest BCUT2D eigenvalue weighted by molar-refractivity contribution is 5.85. The van der Waals surface area contributed by atoms with Crippen molar-refractivity contribution in [3.8, 4) is 0 Å². The topological polar surface area (TPSA) is 251 Å². The predicted octanol–water partition coefficient (Wildman–Crippen LogP) is -1.42. The van der Waals surface area contributed by atoms with E-state index >= 15 is 0 Å². The van der Waals surface area contributed by atoms with E-state index in [1.807, 2.05) is 0 Å². The monoisotopic (exact) mass is 570 g/mol. The third-order valence-electron chi connectivity index (χ3n) is 5.15. The third-order valence-corrected chi connectivity index (χ3v) is 5.15.